The second-order valence-electron chi connectivity index (χ2n) is 6.23. The lowest BCUT2D eigenvalue weighted by Crippen LogP contribution is -2.43. The van der Waals surface area contributed by atoms with Gasteiger partial charge in [0.05, 0.1) is 18.6 Å². The summed E-state index contributed by atoms with van der Waals surface area (Å²) in [6.07, 6.45) is 6.91. The largest absolute Gasteiger partial charge is 0.463 e. The third-order valence-corrected chi connectivity index (χ3v) is 4.41. The minimum atomic E-state index is -0.421. The number of hydrogen-bond donors (Lipinski definition) is 2. The molecular weight excluding hydrogens is 312 g/mol. The molecule has 7 heteroatoms. The van der Waals surface area contributed by atoms with Gasteiger partial charge in [0.15, 0.2) is 0 Å². The van der Waals surface area contributed by atoms with E-state index in [1.807, 2.05) is 12.2 Å². The van der Waals surface area contributed by atoms with Gasteiger partial charge < -0.3 is 20.1 Å². The number of esters is 1. The summed E-state index contributed by atoms with van der Waals surface area (Å²) in [6.45, 7) is 0.943. The highest BCUT2D eigenvalue weighted by Gasteiger charge is 2.34. The minimum absolute atomic E-state index is 0.0575. The fourth-order valence-electron chi connectivity index (χ4n) is 3.14. The molecule has 0 aromatic carbocycles. The van der Waals surface area contributed by atoms with Crippen molar-refractivity contribution in [1.82, 2.24) is 10.2 Å². The highest BCUT2D eigenvalue weighted by atomic mass is 16.5. The lowest BCUT2D eigenvalue weighted by atomic mass is 9.97. The summed E-state index contributed by atoms with van der Waals surface area (Å²) in [5, 5.41) is 11.4. The van der Waals surface area contributed by atoms with E-state index < -0.39 is 5.92 Å². The molecule has 0 bridgehead atoms. The number of nitrogens with one attached hydrogen (secondary N) is 1. The Morgan fingerprint density at radius 3 is 3.00 bits per heavy atom. The average Bonchev–Trinajstić information content (AvgIpc) is 3.03. The van der Waals surface area contributed by atoms with Gasteiger partial charge in [-0.05, 0) is 25.7 Å². The molecule has 2 aliphatic heterocycles. The van der Waals surface area contributed by atoms with Crippen LogP contribution in [0.2, 0.25) is 0 Å². The van der Waals surface area contributed by atoms with Crippen LogP contribution in [0.1, 0.15) is 38.5 Å². The van der Waals surface area contributed by atoms with E-state index in [-0.39, 0.29) is 50.0 Å². The number of nitrogens with zero attached hydrogens (tertiary/aromatic N) is 1. The molecule has 0 unspecified atom stereocenters. The van der Waals surface area contributed by atoms with Crippen molar-refractivity contribution in [3.05, 3.63) is 12.2 Å². The molecule has 2 rings (SSSR count). The van der Waals surface area contributed by atoms with E-state index in [9.17, 15) is 14.4 Å². The molecule has 0 spiro atoms. The predicted molar refractivity (Wildman–Crippen MR) is 86.9 cm³/mol. The molecule has 0 aromatic rings. The fourth-order valence-corrected chi connectivity index (χ4v) is 3.14. The van der Waals surface area contributed by atoms with Crippen LogP contribution < -0.4 is 5.32 Å². The maximum Gasteiger partial charge on any atom is 0.306 e. The summed E-state index contributed by atoms with van der Waals surface area (Å²) < 4.78 is 5.27. The van der Waals surface area contributed by atoms with Gasteiger partial charge in [0.2, 0.25) is 11.8 Å². The van der Waals surface area contributed by atoms with E-state index in [0.717, 1.165) is 12.8 Å². The van der Waals surface area contributed by atoms with Gasteiger partial charge in [-0.3, -0.25) is 14.4 Å². The highest BCUT2D eigenvalue weighted by molar-refractivity contribution is 5.86. The van der Waals surface area contributed by atoms with Crippen LogP contribution in [0.4, 0.5) is 0 Å². The van der Waals surface area contributed by atoms with Gasteiger partial charge in [-0.15, -0.1) is 0 Å². The zero-order valence-electron chi connectivity index (χ0n) is 13.9. The Kier molecular flexibility index (Phi) is 7.24. The molecule has 0 aromatic heterocycles. The van der Waals surface area contributed by atoms with E-state index >= 15 is 0 Å². The van der Waals surface area contributed by atoms with Gasteiger partial charge in [0.1, 0.15) is 6.61 Å². The first-order valence-electron chi connectivity index (χ1n) is 8.60. The van der Waals surface area contributed by atoms with Crippen LogP contribution in [-0.2, 0) is 19.1 Å². The summed E-state index contributed by atoms with van der Waals surface area (Å²) in [5.41, 5.74) is 0. The van der Waals surface area contributed by atoms with E-state index in [4.69, 9.17) is 9.84 Å². The number of fused-ring (bicyclic) bond motifs is 1. The van der Waals surface area contributed by atoms with Crippen molar-refractivity contribution >= 4 is 17.8 Å². The van der Waals surface area contributed by atoms with Crippen molar-refractivity contribution in [3.63, 3.8) is 0 Å². The monoisotopic (exact) mass is 338 g/mol. The Balaban J connectivity index is 2.08. The van der Waals surface area contributed by atoms with Crippen LogP contribution in [0.3, 0.4) is 0 Å². The number of amides is 2. The quantitative estimate of drug-likeness (QED) is 0.570. The third-order valence-electron chi connectivity index (χ3n) is 4.41. The maximum atomic E-state index is 12.9. The second-order valence-corrected chi connectivity index (χ2v) is 6.23. The van der Waals surface area contributed by atoms with Gasteiger partial charge in [-0.1, -0.05) is 12.2 Å². The standard InChI is InChI=1S/C17H26N2O5/c20-10-8-18-15(21)11-13-5-2-1-3-7-16(22)24-12-14-6-4-9-19(14)17(13)23/h1-2,13-14,20H,3-12H2,(H,18,21)/b2-1-/t13-,14-/m1/s1. The molecule has 7 nitrogen and oxygen atoms in total. The Bertz CT molecular complexity index is 491. The van der Waals surface area contributed by atoms with E-state index in [1.54, 1.807) is 4.90 Å². The first kappa shape index (κ1) is 18.4. The van der Waals surface area contributed by atoms with Crippen molar-refractivity contribution in [2.24, 2.45) is 5.92 Å². The normalized spacial score (nSPS) is 26.8. The molecule has 2 aliphatic rings. The summed E-state index contributed by atoms with van der Waals surface area (Å²) in [6, 6.07) is -0.0899. The number of hydrogen-bond acceptors (Lipinski definition) is 5. The van der Waals surface area contributed by atoms with Crippen molar-refractivity contribution < 1.29 is 24.2 Å². The number of ether oxygens (including phenoxy) is 1. The number of aliphatic hydroxyl groups excluding tert-OH is 1. The molecule has 2 N–H and O–H groups in total. The van der Waals surface area contributed by atoms with Crippen LogP contribution in [-0.4, -0.2) is 60.1 Å². The van der Waals surface area contributed by atoms with Crippen LogP contribution in [0, 0.1) is 5.92 Å². The van der Waals surface area contributed by atoms with Gasteiger partial charge in [-0.25, -0.2) is 0 Å². The molecule has 2 heterocycles. The molecule has 0 radical (unpaired) electrons. The van der Waals surface area contributed by atoms with Crippen LogP contribution >= 0.6 is 0 Å². The molecule has 1 fully saturated rings. The van der Waals surface area contributed by atoms with E-state index in [0.29, 0.717) is 25.8 Å². The van der Waals surface area contributed by atoms with Crippen molar-refractivity contribution in [1.29, 1.82) is 0 Å². The Labute approximate surface area is 142 Å². The predicted octanol–water partition coefficient (Wildman–Crippen LogP) is 0.376. The lowest BCUT2D eigenvalue weighted by Gasteiger charge is -2.28. The molecule has 0 saturated carbocycles. The molecular formula is C17H26N2O5. The highest BCUT2D eigenvalue weighted by Crippen LogP contribution is 2.24. The Morgan fingerprint density at radius 1 is 1.38 bits per heavy atom. The molecule has 1 saturated heterocycles. The summed E-state index contributed by atoms with van der Waals surface area (Å²) >= 11 is 0. The number of carbonyl (C=O) groups is 3. The summed E-state index contributed by atoms with van der Waals surface area (Å²) in [4.78, 5) is 38.2. The number of rotatable bonds is 4. The molecule has 0 aliphatic carbocycles. The van der Waals surface area contributed by atoms with Gasteiger partial charge in [0, 0.05) is 25.9 Å². The van der Waals surface area contributed by atoms with Crippen molar-refractivity contribution in [2.45, 2.75) is 44.6 Å². The van der Waals surface area contributed by atoms with Crippen molar-refractivity contribution in [3.8, 4) is 0 Å². The van der Waals surface area contributed by atoms with E-state index in [2.05, 4.69) is 5.32 Å². The SMILES string of the molecule is O=C(C[C@H]1C/C=C\CCC(=O)OC[C@H]2CCCN2C1=O)NCCO. The molecule has 134 valence electrons. The summed E-state index contributed by atoms with van der Waals surface area (Å²) in [7, 11) is 0. The average molecular weight is 338 g/mol. The second kappa shape index (κ2) is 9.42. The third kappa shape index (κ3) is 5.33. The Hall–Kier alpha value is -1.89. The maximum absolute atomic E-state index is 12.9. The van der Waals surface area contributed by atoms with Gasteiger partial charge >= 0.3 is 5.97 Å². The minimum Gasteiger partial charge on any atom is -0.463 e. The first-order chi connectivity index (χ1) is 11.6. The molecule has 2 atom stereocenters. The van der Waals surface area contributed by atoms with Crippen LogP contribution in [0.5, 0.6) is 0 Å². The van der Waals surface area contributed by atoms with Crippen molar-refractivity contribution in [2.75, 3.05) is 26.3 Å². The van der Waals surface area contributed by atoms with Gasteiger partial charge in [0.25, 0.3) is 0 Å². The number of allylic oxidation sites excluding steroid dienone is 2. The summed E-state index contributed by atoms with van der Waals surface area (Å²) in [5.74, 6) is -0.946. The smallest absolute Gasteiger partial charge is 0.306 e. The van der Waals surface area contributed by atoms with Crippen LogP contribution in [0.15, 0.2) is 12.2 Å². The number of aliphatic hydroxyl groups is 1. The van der Waals surface area contributed by atoms with E-state index in [1.165, 1.54) is 0 Å². The Morgan fingerprint density at radius 2 is 2.21 bits per heavy atom. The molecule has 2 amide bonds. The first-order valence-corrected chi connectivity index (χ1v) is 8.60. The number of cyclic esters (lactones) is 1. The molecule has 24 heavy (non-hydrogen) atoms. The number of carbonyl (C=O) groups excluding carboxylic acids is 3. The zero-order valence-corrected chi connectivity index (χ0v) is 13.9. The van der Waals surface area contributed by atoms with Crippen LogP contribution in [0.25, 0.3) is 0 Å². The lowest BCUT2D eigenvalue weighted by molar-refractivity contribution is -0.148. The topological polar surface area (TPSA) is 95.9 Å². The zero-order chi connectivity index (χ0) is 17.4. The fraction of sp³-hybridized carbons (Fsp3) is 0.706. The van der Waals surface area contributed by atoms with Gasteiger partial charge in [-0.2, -0.15) is 0 Å².